The van der Waals surface area contributed by atoms with E-state index in [0.717, 1.165) is 19.3 Å². The SMILES string of the molecule is CC1(C)O[C@@H](c2ccccc2)[C@@H]2C[C@H]1CC[C@@]2(C)O. The van der Waals surface area contributed by atoms with E-state index in [4.69, 9.17) is 4.74 Å². The summed E-state index contributed by atoms with van der Waals surface area (Å²) >= 11 is 0. The quantitative estimate of drug-likeness (QED) is 0.834. The summed E-state index contributed by atoms with van der Waals surface area (Å²) in [5.41, 5.74) is 0.502. The molecule has 19 heavy (non-hydrogen) atoms. The molecule has 0 aromatic heterocycles. The maximum absolute atomic E-state index is 10.7. The van der Waals surface area contributed by atoms with Crippen LogP contribution in [-0.2, 0) is 4.74 Å². The number of hydrogen-bond donors (Lipinski definition) is 1. The molecule has 2 bridgehead atoms. The molecule has 1 heterocycles. The molecule has 0 amide bonds. The summed E-state index contributed by atoms with van der Waals surface area (Å²) in [5.74, 6) is 0.777. The molecule has 1 saturated carbocycles. The first-order valence-electron chi connectivity index (χ1n) is 7.35. The summed E-state index contributed by atoms with van der Waals surface area (Å²) < 4.78 is 6.40. The molecule has 2 heteroatoms. The maximum atomic E-state index is 10.7. The van der Waals surface area contributed by atoms with E-state index in [1.165, 1.54) is 5.56 Å². The first kappa shape index (κ1) is 13.1. The molecule has 0 spiro atoms. The molecule has 3 rings (SSSR count). The van der Waals surface area contributed by atoms with E-state index in [-0.39, 0.29) is 17.6 Å². The Morgan fingerprint density at radius 2 is 1.84 bits per heavy atom. The van der Waals surface area contributed by atoms with Crippen molar-refractivity contribution < 1.29 is 9.84 Å². The van der Waals surface area contributed by atoms with Gasteiger partial charge in [-0.15, -0.1) is 0 Å². The molecule has 1 aromatic rings. The minimum absolute atomic E-state index is 0.0164. The van der Waals surface area contributed by atoms with Crippen molar-refractivity contribution in [2.45, 2.75) is 57.3 Å². The minimum atomic E-state index is -0.604. The second-order valence-electron chi connectivity index (χ2n) is 6.99. The van der Waals surface area contributed by atoms with Crippen molar-refractivity contribution in [3.05, 3.63) is 35.9 Å². The third kappa shape index (κ3) is 2.21. The molecule has 1 N–H and O–H groups in total. The fraction of sp³-hybridized carbons (Fsp3) is 0.647. The van der Waals surface area contributed by atoms with Gasteiger partial charge in [-0.25, -0.2) is 0 Å². The van der Waals surface area contributed by atoms with Crippen molar-refractivity contribution in [2.75, 3.05) is 0 Å². The molecule has 1 aliphatic carbocycles. The zero-order valence-corrected chi connectivity index (χ0v) is 12.1. The predicted octanol–water partition coefficient (Wildman–Crippen LogP) is 3.70. The fourth-order valence-electron chi connectivity index (χ4n) is 3.86. The average Bonchev–Trinajstić information content (AvgIpc) is 2.36. The van der Waals surface area contributed by atoms with E-state index in [0.29, 0.717) is 5.92 Å². The lowest BCUT2D eigenvalue weighted by atomic mass is 9.62. The van der Waals surface area contributed by atoms with Crippen LogP contribution in [0.15, 0.2) is 30.3 Å². The van der Waals surface area contributed by atoms with Gasteiger partial charge in [0, 0.05) is 5.92 Å². The maximum Gasteiger partial charge on any atom is 0.0887 e. The number of hydrogen-bond acceptors (Lipinski definition) is 2. The molecule has 1 aromatic carbocycles. The lowest BCUT2D eigenvalue weighted by molar-refractivity contribution is -0.232. The van der Waals surface area contributed by atoms with Crippen LogP contribution in [0.25, 0.3) is 0 Å². The molecular formula is C17H24O2. The first-order valence-corrected chi connectivity index (χ1v) is 7.35. The van der Waals surface area contributed by atoms with Gasteiger partial charge in [0.1, 0.15) is 0 Å². The first-order chi connectivity index (χ1) is 8.90. The van der Waals surface area contributed by atoms with Crippen LogP contribution >= 0.6 is 0 Å². The van der Waals surface area contributed by atoms with E-state index in [2.05, 4.69) is 38.1 Å². The third-order valence-corrected chi connectivity index (χ3v) is 5.24. The smallest absolute Gasteiger partial charge is 0.0887 e. The Balaban J connectivity index is 1.98. The number of aliphatic hydroxyl groups is 1. The van der Waals surface area contributed by atoms with Crippen LogP contribution in [0, 0.1) is 11.8 Å². The van der Waals surface area contributed by atoms with Gasteiger partial charge in [-0.05, 0) is 51.5 Å². The molecule has 0 unspecified atom stereocenters. The molecule has 2 fully saturated rings. The molecule has 1 aliphatic heterocycles. The number of fused-ring (bicyclic) bond motifs is 2. The monoisotopic (exact) mass is 260 g/mol. The van der Waals surface area contributed by atoms with Crippen molar-refractivity contribution in [2.24, 2.45) is 11.8 Å². The number of benzene rings is 1. The summed E-state index contributed by atoms with van der Waals surface area (Å²) in [5, 5.41) is 10.7. The lowest BCUT2D eigenvalue weighted by Gasteiger charge is -2.55. The van der Waals surface area contributed by atoms with Gasteiger partial charge in [0.15, 0.2) is 0 Å². The molecule has 2 nitrogen and oxygen atoms in total. The largest absolute Gasteiger partial charge is 0.390 e. The van der Waals surface area contributed by atoms with Crippen molar-refractivity contribution >= 4 is 0 Å². The second kappa shape index (κ2) is 4.32. The van der Waals surface area contributed by atoms with Gasteiger partial charge < -0.3 is 9.84 Å². The predicted molar refractivity (Wildman–Crippen MR) is 75.8 cm³/mol. The van der Waals surface area contributed by atoms with E-state index in [9.17, 15) is 5.11 Å². The highest BCUT2D eigenvalue weighted by Gasteiger charge is 2.52. The Labute approximate surface area is 115 Å². The van der Waals surface area contributed by atoms with Crippen LogP contribution in [0.5, 0.6) is 0 Å². The second-order valence-corrected chi connectivity index (χ2v) is 6.99. The topological polar surface area (TPSA) is 29.5 Å². The van der Waals surface area contributed by atoms with Crippen molar-refractivity contribution in [1.82, 2.24) is 0 Å². The molecule has 1 saturated heterocycles. The van der Waals surface area contributed by atoms with Gasteiger partial charge >= 0.3 is 0 Å². The van der Waals surface area contributed by atoms with Crippen molar-refractivity contribution in [1.29, 1.82) is 0 Å². The normalized spacial score (nSPS) is 40.9. The highest BCUT2D eigenvalue weighted by Crippen LogP contribution is 2.54. The van der Waals surface area contributed by atoms with Crippen LogP contribution in [0.4, 0.5) is 0 Å². The Morgan fingerprint density at radius 3 is 2.53 bits per heavy atom. The third-order valence-electron chi connectivity index (χ3n) is 5.24. The summed E-state index contributed by atoms with van der Waals surface area (Å²) in [4.78, 5) is 0. The van der Waals surface area contributed by atoms with E-state index >= 15 is 0 Å². The average molecular weight is 260 g/mol. The van der Waals surface area contributed by atoms with Gasteiger partial charge in [0.2, 0.25) is 0 Å². The summed E-state index contributed by atoms with van der Waals surface area (Å²) in [6.07, 6.45) is 3.04. The summed E-state index contributed by atoms with van der Waals surface area (Å²) in [7, 11) is 0. The minimum Gasteiger partial charge on any atom is -0.390 e. The van der Waals surface area contributed by atoms with E-state index in [1.54, 1.807) is 0 Å². The number of ether oxygens (including phenoxy) is 1. The number of rotatable bonds is 1. The molecule has 0 radical (unpaired) electrons. The van der Waals surface area contributed by atoms with Crippen LogP contribution in [0.3, 0.4) is 0 Å². The van der Waals surface area contributed by atoms with Crippen LogP contribution in [0.2, 0.25) is 0 Å². The summed E-state index contributed by atoms with van der Waals surface area (Å²) in [6.45, 7) is 6.37. The Hall–Kier alpha value is -0.860. The molecular weight excluding hydrogens is 236 g/mol. The van der Waals surface area contributed by atoms with Crippen LogP contribution < -0.4 is 0 Å². The van der Waals surface area contributed by atoms with Gasteiger partial charge in [-0.3, -0.25) is 0 Å². The van der Waals surface area contributed by atoms with E-state index in [1.807, 2.05) is 13.0 Å². The fourth-order valence-corrected chi connectivity index (χ4v) is 3.86. The highest BCUT2D eigenvalue weighted by molar-refractivity contribution is 5.21. The highest BCUT2D eigenvalue weighted by atomic mass is 16.5. The molecule has 104 valence electrons. The molecule has 4 atom stereocenters. The van der Waals surface area contributed by atoms with Crippen molar-refractivity contribution in [3.8, 4) is 0 Å². The Bertz CT molecular complexity index is 448. The van der Waals surface area contributed by atoms with Gasteiger partial charge in [0.05, 0.1) is 17.3 Å². The zero-order chi connectivity index (χ0) is 13.7. The zero-order valence-electron chi connectivity index (χ0n) is 12.1. The summed E-state index contributed by atoms with van der Waals surface area (Å²) in [6, 6.07) is 10.4. The van der Waals surface area contributed by atoms with Gasteiger partial charge in [-0.2, -0.15) is 0 Å². The lowest BCUT2D eigenvalue weighted by Crippen LogP contribution is -2.54. The van der Waals surface area contributed by atoms with E-state index < -0.39 is 5.60 Å². The van der Waals surface area contributed by atoms with Crippen LogP contribution in [-0.4, -0.2) is 16.3 Å². The van der Waals surface area contributed by atoms with Crippen LogP contribution in [0.1, 0.15) is 51.7 Å². The molecule has 2 aliphatic rings. The van der Waals surface area contributed by atoms with Crippen molar-refractivity contribution in [3.63, 3.8) is 0 Å². The van der Waals surface area contributed by atoms with Gasteiger partial charge in [-0.1, -0.05) is 30.3 Å². The Kier molecular flexibility index (Phi) is 2.99. The standard InChI is InChI=1S/C17H24O2/c1-16(2)13-9-10-17(3,18)14(11-13)15(19-16)12-7-5-4-6-8-12/h4-8,13-15,18H,9-11H2,1-3H3/t13-,14+,15+,17-/m1/s1. The Morgan fingerprint density at radius 1 is 1.16 bits per heavy atom. The van der Waals surface area contributed by atoms with Gasteiger partial charge in [0.25, 0.3) is 0 Å².